The molecule has 0 heterocycles. The molecule has 2 aliphatic carbocycles. The van der Waals surface area contributed by atoms with E-state index in [1.165, 1.54) is 0 Å². The first-order chi connectivity index (χ1) is 8.67. The molecule has 0 aromatic carbocycles. The maximum Gasteiger partial charge on any atom is 0.404 e. The van der Waals surface area contributed by atoms with Crippen molar-refractivity contribution in [2.24, 2.45) is 0 Å². The van der Waals surface area contributed by atoms with Crippen molar-refractivity contribution in [3.05, 3.63) is 40.5 Å². The number of nitrogens with zero attached hydrogens (tertiary/aromatic N) is 4. The maximum absolute atomic E-state index is 10.8. The quantitative estimate of drug-likeness (QED) is 0.335. The van der Waals surface area contributed by atoms with Gasteiger partial charge in [0, 0.05) is 9.85 Å². The Labute approximate surface area is 102 Å². The second-order valence-corrected chi connectivity index (χ2v) is 4.32. The van der Waals surface area contributed by atoms with Crippen LogP contribution in [0.25, 0.3) is 0 Å². The number of hydrogen-bond donors (Lipinski definition) is 0. The average molecular weight is 278 g/mol. The zero-order chi connectivity index (χ0) is 14.6. The first kappa shape index (κ1) is 13.0. The van der Waals surface area contributed by atoms with Crippen molar-refractivity contribution in [3.8, 4) is 0 Å². The largest absolute Gasteiger partial charge is 0.404 e. The summed E-state index contributed by atoms with van der Waals surface area (Å²) in [5.41, 5.74) is -5.08. The van der Waals surface area contributed by atoms with Gasteiger partial charge in [-0.3, -0.25) is 40.5 Å². The molecular weight excluding hydrogens is 272 g/mol. The SMILES string of the molecule is O=[N+]([O-])C1CC1(OC1([N+](=O)[O-])CC1[N+](=O)[O-])[N+](=O)[O-]. The molecule has 2 rings (SSSR count). The Kier molecular flexibility index (Phi) is 2.42. The molecule has 104 valence electrons. The van der Waals surface area contributed by atoms with Gasteiger partial charge in [0.1, 0.15) is 12.8 Å². The molecule has 19 heavy (non-hydrogen) atoms. The molecule has 0 bridgehead atoms. The fraction of sp³-hybridized carbons (Fsp3) is 1.00. The summed E-state index contributed by atoms with van der Waals surface area (Å²) in [6.45, 7) is 0. The van der Waals surface area contributed by atoms with Crippen LogP contribution in [0, 0.1) is 40.5 Å². The molecule has 0 N–H and O–H groups in total. The second kappa shape index (κ2) is 3.53. The zero-order valence-corrected chi connectivity index (χ0v) is 9.03. The third kappa shape index (κ3) is 1.66. The van der Waals surface area contributed by atoms with Crippen LogP contribution in [-0.4, -0.2) is 43.2 Å². The topological polar surface area (TPSA) is 182 Å². The third-order valence-corrected chi connectivity index (χ3v) is 3.17. The summed E-state index contributed by atoms with van der Waals surface area (Å²) in [6.07, 6.45) is -1.29. The van der Waals surface area contributed by atoms with E-state index in [0.29, 0.717) is 0 Å². The lowest BCUT2D eigenvalue weighted by Gasteiger charge is -2.10. The van der Waals surface area contributed by atoms with Gasteiger partial charge in [0.2, 0.25) is 0 Å². The molecule has 4 unspecified atom stereocenters. The van der Waals surface area contributed by atoms with Crippen molar-refractivity contribution >= 4 is 0 Å². The zero-order valence-electron chi connectivity index (χ0n) is 9.03. The van der Waals surface area contributed by atoms with E-state index in [-0.39, 0.29) is 0 Å². The lowest BCUT2D eigenvalue weighted by molar-refractivity contribution is -0.703. The Morgan fingerprint density at radius 3 is 1.26 bits per heavy atom. The number of ether oxygens (including phenoxy) is 1. The van der Waals surface area contributed by atoms with Crippen LogP contribution in [-0.2, 0) is 4.74 Å². The molecule has 2 aliphatic rings. The Bertz CT molecular complexity index is 463. The Morgan fingerprint density at radius 2 is 1.11 bits per heavy atom. The second-order valence-electron chi connectivity index (χ2n) is 4.32. The molecule has 13 heteroatoms. The van der Waals surface area contributed by atoms with Gasteiger partial charge in [0.05, 0.1) is 9.85 Å². The van der Waals surface area contributed by atoms with Crippen LogP contribution in [0.5, 0.6) is 0 Å². The van der Waals surface area contributed by atoms with Crippen LogP contribution in [0.2, 0.25) is 0 Å². The van der Waals surface area contributed by atoms with Crippen LogP contribution in [0.1, 0.15) is 12.8 Å². The molecule has 0 radical (unpaired) electrons. The van der Waals surface area contributed by atoms with Gasteiger partial charge < -0.3 is 0 Å². The standard InChI is InChI=1S/C6H6N4O9/c11-7(12)3-1-5(3,9(15)16)19-6(10(17)18)2-4(6)8(13)14/h3-4H,1-2H2. The summed E-state index contributed by atoms with van der Waals surface area (Å²) >= 11 is 0. The van der Waals surface area contributed by atoms with Crippen molar-refractivity contribution in [3.63, 3.8) is 0 Å². The summed E-state index contributed by atoms with van der Waals surface area (Å²) in [7, 11) is 0. The molecule has 0 aromatic rings. The summed E-state index contributed by atoms with van der Waals surface area (Å²) in [5.74, 6) is 0. The average Bonchev–Trinajstić information content (AvgIpc) is 3.12. The van der Waals surface area contributed by atoms with Crippen LogP contribution in [0.15, 0.2) is 0 Å². The molecule has 0 amide bonds. The molecule has 0 spiro atoms. The van der Waals surface area contributed by atoms with Crippen molar-refractivity contribution in [2.75, 3.05) is 0 Å². The Morgan fingerprint density at radius 1 is 0.789 bits per heavy atom. The smallest absolute Gasteiger partial charge is 0.264 e. The number of nitro groups is 4. The van der Waals surface area contributed by atoms with Gasteiger partial charge in [-0.15, -0.1) is 0 Å². The molecular formula is C6H6N4O9. The van der Waals surface area contributed by atoms with Crippen LogP contribution in [0.3, 0.4) is 0 Å². The van der Waals surface area contributed by atoms with E-state index in [0.717, 1.165) is 0 Å². The van der Waals surface area contributed by atoms with Gasteiger partial charge >= 0.3 is 23.5 Å². The van der Waals surface area contributed by atoms with Gasteiger partial charge in [-0.25, -0.2) is 4.74 Å². The summed E-state index contributed by atoms with van der Waals surface area (Å²) in [4.78, 5) is 38.3. The van der Waals surface area contributed by atoms with E-state index in [2.05, 4.69) is 4.74 Å². The van der Waals surface area contributed by atoms with Crippen LogP contribution >= 0.6 is 0 Å². The van der Waals surface area contributed by atoms with Crippen molar-refractivity contribution < 1.29 is 24.4 Å². The minimum absolute atomic E-state index is 0.646. The van der Waals surface area contributed by atoms with Gasteiger partial charge in [-0.2, -0.15) is 0 Å². The molecule has 13 nitrogen and oxygen atoms in total. The van der Waals surface area contributed by atoms with E-state index < -0.39 is 56.1 Å². The predicted molar refractivity (Wildman–Crippen MR) is 51.3 cm³/mol. The van der Waals surface area contributed by atoms with Gasteiger partial charge in [0.25, 0.3) is 0 Å². The molecule has 2 fully saturated rings. The Hall–Kier alpha value is -2.44. The predicted octanol–water partition coefficient (Wildman–Crippen LogP) is -0.953. The molecule has 2 saturated carbocycles. The lowest BCUT2D eigenvalue weighted by atomic mass is 10.5. The third-order valence-electron chi connectivity index (χ3n) is 3.17. The monoisotopic (exact) mass is 278 g/mol. The van der Waals surface area contributed by atoms with E-state index in [9.17, 15) is 40.5 Å². The van der Waals surface area contributed by atoms with Crippen molar-refractivity contribution in [2.45, 2.75) is 36.4 Å². The first-order valence-corrected chi connectivity index (χ1v) is 4.93. The highest BCUT2D eigenvalue weighted by Crippen LogP contribution is 2.53. The highest BCUT2D eigenvalue weighted by atomic mass is 16.8. The minimum Gasteiger partial charge on any atom is -0.264 e. The van der Waals surface area contributed by atoms with Gasteiger partial charge in [-0.1, -0.05) is 0 Å². The van der Waals surface area contributed by atoms with Crippen molar-refractivity contribution in [1.29, 1.82) is 0 Å². The van der Waals surface area contributed by atoms with Crippen molar-refractivity contribution in [1.82, 2.24) is 0 Å². The molecule has 0 aliphatic heterocycles. The van der Waals surface area contributed by atoms with Gasteiger partial charge in [0.15, 0.2) is 0 Å². The number of hydrogen-bond acceptors (Lipinski definition) is 9. The van der Waals surface area contributed by atoms with E-state index in [4.69, 9.17) is 0 Å². The fourth-order valence-electron chi connectivity index (χ4n) is 1.91. The van der Waals surface area contributed by atoms with Crippen LogP contribution < -0.4 is 0 Å². The number of rotatable bonds is 6. The highest BCUT2D eigenvalue weighted by molar-refractivity contribution is 5.06. The fourth-order valence-corrected chi connectivity index (χ4v) is 1.91. The minimum atomic E-state index is -2.54. The summed E-state index contributed by atoms with van der Waals surface area (Å²) < 4.78 is 4.64. The van der Waals surface area contributed by atoms with E-state index >= 15 is 0 Å². The van der Waals surface area contributed by atoms with E-state index in [1.807, 2.05) is 0 Å². The maximum atomic E-state index is 10.8. The summed E-state index contributed by atoms with van der Waals surface area (Å²) in [6, 6.07) is -3.46. The molecule has 0 saturated heterocycles. The molecule has 0 aromatic heterocycles. The van der Waals surface area contributed by atoms with E-state index in [1.54, 1.807) is 0 Å². The lowest BCUT2D eigenvalue weighted by Crippen LogP contribution is -2.43. The first-order valence-electron chi connectivity index (χ1n) is 4.93. The highest BCUT2D eigenvalue weighted by Gasteiger charge is 2.89. The van der Waals surface area contributed by atoms with Gasteiger partial charge in [-0.05, 0) is 0 Å². The van der Waals surface area contributed by atoms with Crippen LogP contribution in [0.4, 0.5) is 0 Å². The normalized spacial score (nSPS) is 39.4. The summed E-state index contributed by atoms with van der Waals surface area (Å²) in [5, 5.41) is 42.6. The molecule has 4 atom stereocenters. The Balaban J connectivity index is 2.24.